The number of nitrogens with two attached hydrogens (primary N) is 1. The average Bonchev–Trinajstić information content (AvgIpc) is 2.88. The van der Waals surface area contributed by atoms with Crippen LogP contribution in [0.4, 0.5) is 0 Å². The fourth-order valence-electron chi connectivity index (χ4n) is 3.76. The first kappa shape index (κ1) is 19.2. The van der Waals surface area contributed by atoms with Gasteiger partial charge >= 0.3 is 0 Å². The van der Waals surface area contributed by atoms with Crippen molar-refractivity contribution in [3.05, 3.63) is 0 Å². The molecule has 2 aliphatic rings. The predicted octanol–water partition coefficient (Wildman–Crippen LogP) is 1.74. The summed E-state index contributed by atoms with van der Waals surface area (Å²) in [5.41, 5.74) is 5.80. The molecule has 0 aromatic carbocycles. The minimum absolute atomic E-state index is 0. The van der Waals surface area contributed by atoms with Crippen LogP contribution in [0.1, 0.15) is 46.0 Å². The minimum atomic E-state index is -3.39. The molecule has 1 aliphatic heterocycles. The molecule has 3 atom stereocenters. The Morgan fingerprint density at radius 1 is 1.19 bits per heavy atom. The van der Waals surface area contributed by atoms with Gasteiger partial charge in [0.25, 0.3) is 10.2 Å². The summed E-state index contributed by atoms with van der Waals surface area (Å²) in [7, 11) is -3.39. The summed E-state index contributed by atoms with van der Waals surface area (Å²) in [5, 5.41) is 0. The highest BCUT2D eigenvalue weighted by atomic mass is 35.5. The summed E-state index contributed by atoms with van der Waals surface area (Å²) in [6.07, 6.45) is 5.69. The molecule has 0 aromatic heterocycles. The Hall–Kier alpha value is 0.120. The first-order valence-corrected chi connectivity index (χ1v) is 9.34. The maximum Gasteiger partial charge on any atom is 0.279 e. The maximum absolute atomic E-state index is 12.6. The van der Waals surface area contributed by atoms with E-state index in [1.807, 2.05) is 0 Å². The molecule has 0 aromatic rings. The number of nitrogens with zero attached hydrogens (tertiary/aromatic N) is 1. The molecule has 0 bridgehead atoms. The first-order valence-electron chi connectivity index (χ1n) is 7.90. The molecular weight excluding hydrogens is 310 g/mol. The molecule has 126 valence electrons. The second-order valence-electron chi connectivity index (χ2n) is 6.77. The van der Waals surface area contributed by atoms with Crippen LogP contribution in [-0.4, -0.2) is 38.4 Å². The van der Waals surface area contributed by atoms with E-state index >= 15 is 0 Å². The van der Waals surface area contributed by atoms with E-state index in [2.05, 4.69) is 18.6 Å². The largest absolute Gasteiger partial charge is 0.329 e. The van der Waals surface area contributed by atoms with E-state index in [4.69, 9.17) is 5.73 Å². The van der Waals surface area contributed by atoms with Crippen LogP contribution in [-0.2, 0) is 10.2 Å². The third kappa shape index (κ3) is 5.06. The monoisotopic (exact) mass is 339 g/mol. The Morgan fingerprint density at radius 2 is 1.71 bits per heavy atom. The topological polar surface area (TPSA) is 75.4 Å². The second-order valence-corrected chi connectivity index (χ2v) is 8.47. The standard InChI is InChI=1S/C14H29N3O2S.ClH/c1-11-7-12(2)10-17(9-11)20(18,19)16-14(8-15)13-5-3-4-6-13;/h11-14,16H,3-10,15H2,1-2H3;1H. The van der Waals surface area contributed by atoms with Gasteiger partial charge in [-0.3, -0.25) is 0 Å². The van der Waals surface area contributed by atoms with Crippen LogP contribution < -0.4 is 10.5 Å². The van der Waals surface area contributed by atoms with E-state index < -0.39 is 10.2 Å². The van der Waals surface area contributed by atoms with Crippen LogP contribution in [0.25, 0.3) is 0 Å². The van der Waals surface area contributed by atoms with Gasteiger partial charge in [0.15, 0.2) is 0 Å². The normalized spacial score (nSPS) is 30.0. The number of halogens is 1. The SMILES string of the molecule is CC1CC(C)CN(S(=O)(=O)NC(CN)C2CCCC2)C1.Cl. The molecule has 0 spiro atoms. The fourth-order valence-corrected chi connectivity index (χ4v) is 5.49. The lowest BCUT2D eigenvalue weighted by atomic mass is 9.94. The van der Waals surface area contributed by atoms with Gasteiger partial charge in [-0.1, -0.05) is 26.7 Å². The van der Waals surface area contributed by atoms with Gasteiger partial charge in [0.2, 0.25) is 0 Å². The summed E-state index contributed by atoms with van der Waals surface area (Å²) in [6.45, 7) is 5.89. The number of rotatable bonds is 5. The van der Waals surface area contributed by atoms with Crippen LogP contribution in [0.3, 0.4) is 0 Å². The molecular formula is C14H30ClN3O2S. The average molecular weight is 340 g/mol. The predicted molar refractivity (Wildman–Crippen MR) is 88.6 cm³/mol. The summed E-state index contributed by atoms with van der Waals surface area (Å²) >= 11 is 0. The molecule has 21 heavy (non-hydrogen) atoms. The van der Waals surface area contributed by atoms with Gasteiger partial charge in [-0.15, -0.1) is 12.4 Å². The van der Waals surface area contributed by atoms with Crippen LogP contribution in [0, 0.1) is 17.8 Å². The number of hydrogen-bond acceptors (Lipinski definition) is 3. The van der Waals surface area contributed by atoms with Gasteiger partial charge < -0.3 is 5.73 Å². The molecule has 0 amide bonds. The molecule has 3 unspecified atom stereocenters. The van der Waals surface area contributed by atoms with E-state index in [0.717, 1.165) is 19.3 Å². The third-order valence-corrected chi connectivity index (χ3v) is 6.28. The third-order valence-electron chi connectivity index (χ3n) is 4.70. The van der Waals surface area contributed by atoms with Gasteiger partial charge in [-0.2, -0.15) is 17.4 Å². The number of piperidine rings is 1. The molecule has 7 heteroatoms. The van der Waals surface area contributed by atoms with Crippen molar-refractivity contribution in [1.82, 2.24) is 9.03 Å². The minimum Gasteiger partial charge on any atom is -0.329 e. The van der Waals surface area contributed by atoms with E-state index in [1.165, 1.54) is 12.8 Å². The molecule has 2 fully saturated rings. The summed E-state index contributed by atoms with van der Waals surface area (Å²) in [5.74, 6) is 1.27. The number of nitrogens with one attached hydrogen (secondary N) is 1. The lowest BCUT2D eigenvalue weighted by Gasteiger charge is -2.35. The zero-order valence-corrected chi connectivity index (χ0v) is 14.8. The Labute approximate surface area is 135 Å². The Morgan fingerprint density at radius 3 is 2.19 bits per heavy atom. The van der Waals surface area contributed by atoms with Crippen LogP contribution >= 0.6 is 12.4 Å². The highest BCUT2D eigenvalue weighted by molar-refractivity contribution is 7.87. The van der Waals surface area contributed by atoms with Gasteiger partial charge in [0.05, 0.1) is 0 Å². The quantitative estimate of drug-likeness (QED) is 0.801. The van der Waals surface area contributed by atoms with Crippen molar-refractivity contribution in [3.63, 3.8) is 0 Å². The summed E-state index contributed by atoms with van der Waals surface area (Å²) in [4.78, 5) is 0. The second kappa shape index (κ2) is 8.11. The van der Waals surface area contributed by atoms with Crippen molar-refractivity contribution in [1.29, 1.82) is 0 Å². The Bertz CT molecular complexity index is 402. The highest BCUT2D eigenvalue weighted by Gasteiger charge is 2.34. The molecule has 3 N–H and O–H groups in total. The van der Waals surface area contributed by atoms with Crippen molar-refractivity contribution in [2.45, 2.75) is 52.0 Å². The smallest absolute Gasteiger partial charge is 0.279 e. The first-order chi connectivity index (χ1) is 9.42. The van der Waals surface area contributed by atoms with Gasteiger partial charge in [0.1, 0.15) is 0 Å². The van der Waals surface area contributed by atoms with Crippen molar-refractivity contribution in [2.75, 3.05) is 19.6 Å². The molecule has 5 nitrogen and oxygen atoms in total. The lowest BCUT2D eigenvalue weighted by Crippen LogP contribution is -2.53. The molecule has 0 radical (unpaired) electrons. The molecule has 1 heterocycles. The molecule has 1 saturated heterocycles. The number of hydrogen-bond donors (Lipinski definition) is 2. The molecule has 1 aliphatic carbocycles. The lowest BCUT2D eigenvalue weighted by molar-refractivity contribution is 0.218. The zero-order valence-electron chi connectivity index (χ0n) is 13.1. The maximum atomic E-state index is 12.6. The van der Waals surface area contributed by atoms with Crippen LogP contribution in [0.5, 0.6) is 0 Å². The van der Waals surface area contributed by atoms with E-state index in [1.54, 1.807) is 4.31 Å². The summed E-state index contributed by atoms with van der Waals surface area (Å²) < 4.78 is 29.6. The molecule has 2 rings (SSSR count). The Balaban J connectivity index is 0.00000220. The Kier molecular flexibility index (Phi) is 7.40. The van der Waals surface area contributed by atoms with E-state index in [-0.39, 0.29) is 18.4 Å². The van der Waals surface area contributed by atoms with E-state index in [9.17, 15) is 8.42 Å². The zero-order chi connectivity index (χ0) is 14.8. The fraction of sp³-hybridized carbons (Fsp3) is 1.00. The van der Waals surface area contributed by atoms with E-state index in [0.29, 0.717) is 37.4 Å². The van der Waals surface area contributed by atoms with Crippen molar-refractivity contribution >= 4 is 22.6 Å². The van der Waals surface area contributed by atoms with Crippen molar-refractivity contribution in [2.24, 2.45) is 23.5 Å². The van der Waals surface area contributed by atoms with Crippen LogP contribution in [0.15, 0.2) is 0 Å². The van der Waals surface area contributed by atoms with Crippen molar-refractivity contribution in [3.8, 4) is 0 Å². The summed E-state index contributed by atoms with van der Waals surface area (Å²) in [6, 6.07) is -0.102. The van der Waals surface area contributed by atoms with Crippen LogP contribution in [0.2, 0.25) is 0 Å². The molecule has 1 saturated carbocycles. The van der Waals surface area contributed by atoms with Gasteiger partial charge in [0, 0.05) is 25.7 Å². The van der Waals surface area contributed by atoms with Gasteiger partial charge in [-0.05, 0) is 37.0 Å². The highest BCUT2D eigenvalue weighted by Crippen LogP contribution is 2.28. The van der Waals surface area contributed by atoms with Gasteiger partial charge in [-0.25, -0.2) is 0 Å². The van der Waals surface area contributed by atoms with Crippen molar-refractivity contribution < 1.29 is 8.42 Å².